The lowest BCUT2D eigenvalue weighted by Gasteiger charge is -2.21. The molecule has 0 bridgehead atoms. The molecular weight excluding hydrogens is 262 g/mol. The Morgan fingerprint density at radius 3 is 2.43 bits per heavy atom. The van der Waals surface area contributed by atoms with E-state index in [1.165, 1.54) is 60.4 Å². The minimum atomic E-state index is -0.377. The Labute approximate surface area is 128 Å². The minimum absolute atomic E-state index is 0.377. The monoisotopic (exact) mass is 292 g/mol. The van der Waals surface area contributed by atoms with Gasteiger partial charge in [0, 0.05) is 0 Å². The van der Waals surface area contributed by atoms with E-state index in [9.17, 15) is 5.11 Å². The zero-order valence-electron chi connectivity index (χ0n) is 13.7. The van der Waals surface area contributed by atoms with Crippen LogP contribution in [0.25, 0.3) is 0 Å². The largest absolute Gasteiger partial charge is 0.490 e. The molecule has 1 heterocycles. The summed E-state index contributed by atoms with van der Waals surface area (Å²) >= 11 is 0. The Balaban J connectivity index is 1.84. The van der Waals surface area contributed by atoms with Gasteiger partial charge in [0.05, 0.1) is 13.1 Å². The number of likely N-dealkylation sites (tertiary alicyclic amines) is 1. The molecule has 1 aromatic rings. The number of nitrogens with one attached hydrogen (secondary N) is 1. The molecule has 0 unspecified atom stereocenters. The fraction of sp³-hybridized carbons (Fsp3) is 0.667. The standard InChI is InChI=1S/C18H29NO2/c1-14-10-15(2)16(3)18(11-14)21-13-17(20)12-19-8-6-4-5-7-9-19/h10-11,17,20H,4-9,12-13H2,1-3H3/p+1/t17-/m1/s1. The summed E-state index contributed by atoms with van der Waals surface area (Å²) in [5.41, 5.74) is 3.63. The molecule has 2 N–H and O–H groups in total. The molecule has 0 amide bonds. The van der Waals surface area contributed by atoms with Crippen LogP contribution >= 0.6 is 0 Å². The van der Waals surface area contributed by atoms with Crippen molar-refractivity contribution in [3.63, 3.8) is 0 Å². The SMILES string of the molecule is Cc1cc(C)c(C)c(OC[C@H](O)C[NH+]2CCCCCC2)c1. The van der Waals surface area contributed by atoms with E-state index in [1.54, 1.807) is 0 Å². The number of aliphatic hydroxyl groups excluding tert-OH is 1. The zero-order valence-corrected chi connectivity index (χ0v) is 13.7. The fourth-order valence-corrected chi connectivity index (χ4v) is 3.16. The second kappa shape index (κ2) is 7.81. The van der Waals surface area contributed by atoms with Gasteiger partial charge < -0.3 is 14.7 Å². The van der Waals surface area contributed by atoms with Crippen molar-refractivity contribution in [3.8, 4) is 5.75 Å². The first kappa shape index (κ1) is 16.3. The van der Waals surface area contributed by atoms with Crippen LogP contribution in [0.4, 0.5) is 0 Å². The van der Waals surface area contributed by atoms with Gasteiger partial charge in [-0.1, -0.05) is 6.07 Å². The Kier molecular flexibility index (Phi) is 6.07. The molecule has 2 rings (SSSR count). The van der Waals surface area contributed by atoms with E-state index in [4.69, 9.17) is 4.74 Å². The van der Waals surface area contributed by atoms with Crippen LogP contribution in [0, 0.1) is 20.8 Å². The number of benzene rings is 1. The lowest BCUT2D eigenvalue weighted by Crippen LogP contribution is -3.13. The predicted octanol–water partition coefficient (Wildman–Crippen LogP) is 1.81. The topological polar surface area (TPSA) is 33.9 Å². The third kappa shape index (κ3) is 5.01. The summed E-state index contributed by atoms with van der Waals surface area (Å²) in [6, 6.07) is 4.23. The van der Waals surface area contributed by atoms with Crippen LogP contribution in [-0.2, 0) is 0 Å². The molecule has 1 fully saturated rings. The number of hydrogen-bond donors (Lipinski definition) is 2. The number of hydrogen-bond acceptors (Lipinski definition) is 2. The summed E-state index contributed by atoms with van der Waals surface area (Å²) < 4.78 is 5.87. The van der Waals surface area contributed by atoms with Gasteiger partial charge in [0.2, 0.25) is 0 Å². The highest BCUT2D eigenvalue weighted by molar-refractivity contribution is 5.41. The Bertz CT molecular complexity index is 451. The van der Waals surface area contributed by atoms with Crippen LogP contribution in [0.1, 0.15) is 42.4 Å². The molecule has 21 heavy (non-hydrogen) atoms. The number of ether oxygens (including phenoxy) is 1. The third-order valence-electron chi connectivity index (χ3n) is 4.53. The van der Waals surface area contributed by atoms with E-state index in [0.29, 0.717) is 6.61 Å². The maximum atomic E-state index is 10.2. The lowest BCUT2D eigenvalue weighted by molar-refractivity contribution is -0.902. The molecule has 1 aliphatic rings. The summed E-state index contributed by atoms with van der Waals surface area (Å²) in [5, 5.41) is 10.2. The Hall–Kier alpha value is -1.06. The predicted molar refractivity (Wildman–Crippen MR) is 86.2 cm³/mol. The summed E-state index contributed by atoms with van der Waals surface area (Å²) in [7, 11) is 0. The first-order valence-electron chi connectivity index (χ1n) is 8.28. The lowest BCUT2D eigenvalue weighted by atomic mass is 10.1. The van der Waals surface area contributed by atoms with Crippen molar-refractivity contribution in [1.29, 1.82) is 0 Å². The molecule has 0 spiro atoms. The highest BCUT2D eigenvalue weighted by Gasteiger charge is 2.17. The zero-order chi connectivity index (χ0) is 15.2. The van der Waals surface area contributed by atoms with Crippen molar-refractivity contribution in [2.75, 3.05) is 26.2 Å². The average molecular weight is 292 g/mol. The molecule has 0 radical (unpaired) electrons. The first-order valence-corrected chi connectivity index (χ1v) is 8.28. The molecule has 1 aliphatic heterocycles. The van der Waals surface area contributed by atoms with Gasteiger partial charge in [0.15, 0.2) is 0 Å². The van der Waals surface area contributed by atoms with Crippen molar-refractivity contribution in [2.24, 2.45) is 0 Å². The van der Waals surface area contributed by atoms with Gasteiger partial charge in [0.1, 0.15) is 25.0 Å². The molecule has 118 valence electrons. The smallest absolute Gasteiger partial charge is 0.137 e. The van der Waals surface area contributed by atoms with Crippen LogP contribution in [-0.4, -0.2) is 37.5 Å². The second-order valence-electron chi connectivity index (χ2n) is 6.54. The van der Waals surface area contributed by atoms with Crippen LogP contribution in [0.5, 0.6) is 5.75 Å². The van der Waals surface area contributed by atoms with E-state index in [1.807, 2.05) is 0 Å². The Morgan fingerprint density at radius 2 is 1.76 bits per heavy atom. The normalized spacial score (nSPS) is 18.3. The van der Waals surface area contributed by atoms with Crippen molar-refractivity contribution in [3.05, 3.63) is 28.8 Å². The maximum Gasteiger partial charge on any atom is 0.137 e. The van der Waals surface area contributed by atoms with Crippen molar-refractivity contribution in [2.45, 2.75) is 52.6 Å². The Morgan fingerprint density at radius 1 is 1.10 bits per heavy atom. The summed E-state index contributed by atoms with van der Waals surface area (Å²) in [4.78, 5) is 1.53. The van der Waals surface area contributed by atoms with Crippen LogP contribution in [0.15, 0.2) is 12.1 Å². The van der Waals surface area contributed by atoms with E-state index in [2.05, 4.69) is 32.9 Å². The van der Waals surface area contributed by atoms with Crippen LogP contribution in [0.3, 0.4) is 0 Å². The second-order valence-corrected chi connectivity index (χ2v) is 6.54. The summed E-state index contributed by atoms with van der Waals surface area (Å²) in [5.74, 6) is 0.914. The molecule has 0 aromatic heterocycles. The van der Waals surface area contributed by atoms with E-state index in [-0.39, 0.29) is 6.10 Å². The van der Waals surface area contributed by atoms with Gasteiger partial charge in [-0.25, -0.2) is 0 Å². The van der Waals surface area contributed by atoms with E-state index in [0.717, 1.165) is 12.3 Å². The number of rotatable bonds is 5. The molecular formula is C18H30NO2+. The van der Waals surface area contributed by atoms with Gasteiger partial charge >= 0.3 is 0 Å². The average Bonchev–Trinajstić information content (AvgIpc) is 2.70. The molecule has 0 aliphatic carbocycles. The molecule has 3 heteroatoms. The molecule has 1 aromatic carbocycles. The number of aliphatic hydroxyl groups is 1. The summed E-state index contributed by atoms with van der Waals surface area (Å²) in [6.45, 7) is 9.86. The van der Waals surface area contributed by atoms with E-state index < -0.39 is 0 Å². The third-order valence-corrected chi connectivity index (χ3v) is 4.53. The van der Waals surface area contributed by atoms with Crippen LogP contribution in [0.2, 0.25) is 0 Å². The van der Waals surface area contributed by atoms with Crippen molar-refractivity contribution in [1.82, 2.24) is 0 Å². The van der Waals surface area contributed by atoms with Gasteiger partial charge in [-0.05, 0) is 69.2 Å². The number of quaternary nitrogens is 1. The van der Waals surface area contributed by atoms with Crippen LogP contribution < -0.4 is 9.64 Å². The molecule has 1 saturated heterocycles. The highest BCUT2D eigenvalue weighted by Crippen LogP contribution is 2.23. The fourth-order valence-electron chi connectivity index (χ4n) is 3.16. The first-order chi connectivity index (χ1) is 10.1. The molecule has 3 nitrogen and oxygen atoms in total. The minimum Gasteiger partial charge on any atom is -0.490 e. The van der Waals surface area contributed by atoms with Crippen molar-refractivity contribution >= 4 is 0 Å². The van der Waals surface area contributed by atoms with Gasteiger partial charge in [0.25, 0.3) is 0 Å². The van der Waals surface area contributed by atoms with E-state index >= 15 is 0 Å². The number of aryl methyl sites for hydroxylation is 2. The maximum absolute atomic E-state index is 10.2. The van der Waals surface area contributed by atoms with Gasteiger partial charge in [-0.2, -0.15) is 0 Å². The van der Waals surface area contributed by atoms with Gasteiger partial charge in [-0.3, -0.25) is 0 Å². The summed E-state index contributed by atoms with van der Waals surface area (Å²) in [6.07, 6.45) is 4.90. The molecule has 1 atom stereocenters. The molecule has 0 saturated carbocycles. The van der Waals surface area contributed by atoms with Crippen molar-refractivity contribution < 1.29 is 14.7 Å². The highest BCUT2D eigenvalue weighted by atomic mass is 16.5. The quantitative estimate of drug-likeness (QED) is 0.868. The van der Waals surface area contributed by atoms with Gasteiger partial charge in [-0.15, -0.1) is 0 Å².